The van der Waals surface area contributed by atoms with Crippen LogP contribution < -0.4 is 5.32 Å². The summed E-state index contributed by atoms with van der Waals surface area (Å²) < 4.78 is 23.5. The van der Waals surface area contributed by atoms with Crippen LogP contribution in [0, 0.1) is 0 Å². The van der Waals surface area contributed by atoms with Crippen LogP contribution in [0.15, 0.2) is 53.0 Å². The van der Waals surface area contributed by atoms with Crippen molar-refractivity contribution in [2.24, 2.45) is 0 Å². The molecule has 122 valence electrons. The predicted molar refractivity (Wildman–Crippen MR) is 95.0 cm³/mol. The molecule has 2 aromatic rings. The SMILES string of the molecule is CC(NC(=O)c1ccc(CS(C)(=O)=O)cc1)c1ccc(Br)cc1. The van der Waals surface area contributed by atoms with Crippen molar-refractivity contribution in [3.05, 3.63) is 69.7 Å². The fraction of sp³-hybridized carbons (Fsp3) is 0.235. The monoisotopic (exact) mass is 395 g/mol. The van der Waals surface area contributed by atoms with Crippen LogP contribution >= 0.6 is 15.9 Å². The molecule has 1 amide bonds. The van der Waals surface area contributed by atoms with Crippen LogP contribution in [0.3, 0.4) is 0 Å². The second-order valence-electron chi connectivity index (χ2n) is 5.51. The fourth-order valence-corrected chi connectivity index (χ4v) is 3.23. The highest BCUT2D eigenvalue weighted by Gasteiger charge is 2.12. The largest absolute Gasteiger partial charge is 0.346 e. The number of sulfone groups is 1. The van der Waals surface area contributed by atoms with Crippen molar-refractivity contribution in [2.75, 3.05) is 6.26 Å². The zero-order chi connectivity index (χ0) is 17.0. The number of halogens is 1. The third-order valence-electron chi connectivity index (χ3n) is 3.36. The Labute approximate surface area is 145 Å². The maximum absolute atomic E-state index is 12.3. The van der Waals surface area contributed by atoms with E-state index in [1.54, 1.807) is 24.3 Å². The summed E-state index contributed by atoms with van der Waals surface area (Å²) in [6.45, 7) is 1.92. The fourth-order valence-electron chi connectivity index (χ4n) is 2.17. The van der Waals surface area contributed by atoms with Crippen LogP contribution in [0.25, 0.3) is 0 Å². The van der Waals surface area contributed by atoms with Gasteiger partial charge < -0.3 is 5.32 Å². The average molecular weight is 396 g/mol. The van der Waals surface area contributed by atoms with Crippen LogP contribution in [0.2, 0.25) is 0 Å². The van der Waals surface area contributed by atoms with Crippen molar-refractivity contribution >= 4 is 31.7 Å². The molecule has 0 aromatic heterocycles. The Bertz CT molecular complexity index is 784. The highest BCUT2D eigenvalue weighted by Crippen LogP contribution is 2.17. The number of carbonyl (C=O) groups is 1. The van der Waals surface area contributed by atoms with Gasteiger partial charge in [0, 0.05) is 16.3 Å². The molecule has 1 unspecified atom stereocenters. The molecule has 2 aromatic carbocycles. The number of carbonyl (C=O) groups excluding carboxylic acids is 1. The summed E-state index contributed by atoms with van der Waals surface area (Å²) in [6, 6.07) is 14.3. The third kappa shape index (κ3) is 5.48. The lowest BCUT2D eigenvalue weighted by molar-refractivity contribution is 0.0940. The summed E-state index contributed by atoms with van der Waals surface area (Å²) in [6.07, 6.45) is 1.19. The molecule has 0 bridgehead atoms. The Morgan fingerprint density at radius 2 is 1.65 bits per heavy atom. The van der Waals surface area contributed by atoms with Crippen LogP contribution in [0.5, 0.6) is 0 Å². The second-order valence-corrected chi connectivity index (χ2v) is 8.57. The second kappa shape index (κ2) is 7.27. The number of nitrogens with one attached hydrogen (secondary N) is 1. The molecule has 0 spiro atoms. The first kappa shape index (κ1) is 17.7. The van der Waals surface area contributed by atoms with E-state index in [1.165, 1.54) is 6.26 Å². The maximum Gasteiger partial charge on any atom is 0.251 e. The van der Waals surface area contributed by atoms with Crippen LogP contribution in [0.1, 0.15) is 34.5 Å². The molecule has 0 saturated heterocycles. The summed E-state index contributed by atoms with van der Waals surface area (Å²) >= 11 is 3.38. The summed E-state index contributed by atoms with van der Waals surface area (Å²) in [7, 11) is -3.07. The third-order valence-corrected chi connectivity index (χ3v) is 4.75. The summed E-state index contributed by atoms with van der Waals surface area (Å²) in [5.74, 6) is -0.212. The van der Waals surface area contributed by atoms with Gasteiger partial charge in [-0.05, 0) is 42.3 Å². The molecule has 0 aliphatic heterocycles. The molecule has 1 N–H and O–H groups in total. The Balaban J connectivity index is 2.04. The Hall–Kier alpha value is -1.66. The normalized spacial score (nSPS) is 12.7. The molecule has 0 aliphatic carbocycles. The molecular weight excluding hydrogens is 378 g/mol. The van der Waals surface area contributed by atoms with Gasteiger partial charge in [0.2, 0.25) is 0 Å². The van der Waals surface area contributed by atoms with Crippen molar-refractivity contribution < 1.29 is 13.2 Å². The zero-order valence-electron chi connectivity index (χ0n) is 12.9. The van der Waals surface area contributed by atoms with E-state index in [0.717, 1.165) is 10.0 Å². The maximum atomic E-state index is 12.3. The molecule has 23 heavy (non-hydrogen) atoms. The highest BCUT2D eigenvalue weighted by molar-refractivity contribution is 9.10. The van der Waals surface area contributed by atoms with Crippen LogP contribution in [-0.4, -0.2) is 20.6 Å². The number of rotatable bonds is 5. The van der Waals surface area contributed by atoms with Crippen LogP contribution in [0.4, 0.5) is 0 Å². The first-order chi connectivity index (χ1) is 10.7. The van der Waals surface area contributed by atoms with E-state index in [4.69, 9.17) is 0 Å². The molecule has 2 rings (SSSR count). The van der Waals surface area contributed by atoms with Crippen LogP contribution in [-0.2, 0) is 15.6 Å². The van der Waals surface area contributed by atoms with Gasteiger partial charge in [-0.2, -0.15) is 0 Å². The quantitative estimate of drug-likeness (QED) is 0.842. The number of benzene rings is 2. The molecule has 0 heterocycles. The molecule has 6 heteroatoms. The molecule has 0 fully saturated rings. The summed E-state index contributed by atoms with van der Waals surface area (Å²) in [4.78, 5) is 12.3. The zero-order valence-corrected chi connectivity index (χ0v) is 15.3. The van der Waals surface area contributed by atoms with E-state index < -0.39 is 9.84 Å². The van der Waals surface area contributed by atoms with Gasteiger partial charge in [-0.15, -0.1) is 0 Å². The molecule has 1 atom stereocenters. The van der Waals surface area contributed by atoms with Gasteiger partial charge in [0.15, 0.2) is 9.84 Å². The number of hydrogen-bond donors (Lipinski definition) is 1. The Kier molecular flexibility index (Phi) is 5.59. The summed E-state index contributed by atoms with van der Waals surface area (Å²) in [5.41, 5.74) is 2.19. The minimum atomic E-state index is -3.07. The van der Waals surface area contributed by atoms with Gasteiger partial charge >= 0.3 is 0 Å². The predicted octanol–water partition coefficient (Wildman–Crippen LogP) is 3.48. The van der Waals surface area contributed by atoms with Gasteiger partial charge in [-0.1, -0.05) is 40.2 Å². The smallest absolute Gasteiger partial charge is 0.251 e. The minimum absolute atomic E-state index is 0.0236. The lowest BCUT2D eigenvalue weighted by atomic mass is 10.1. The minimum Gasteiger partial charge on any atom is -0.346 e. The molecule has 4 nitrogen and oxygen atoms in total. The first-order valence-electron chi connectivity index (χ1n) is 7.07. The van der Waals surface area contributed by atoms with E-state index in [0.29, 0.717) is 11.1 Å². The Morgan fingerprint density at radius 3 is 2.17 bits per heavy atom. The lowest BCUT2D eigenvalue weighted by Crippen LogP contribution is -2.26. The average Bonchev–Trinajstić information content (AvgIpc) is 2.46. The van der Waals surface area contributed by atoms with Gasteiger partial charge in [0.05, 0.1) is 11.8 Å². The first-order valence-corrected chi connectivity index (χ1v) is 9.93. The van der Waals surface area contributed by atoms with E-state index in [2.05, 4.69) is 21.2 Å². The van der Waals surface area contributed by atoms with E-state index >= 15 is 0 Å². The summed E-state index contributed by atoms with van der Waals surface area (Å²) in [5, 5.41) is 2.93. The van der Waals surface area contributed by atoms with Gasteiger partial charge in [0.25, 0.3) is 5.91 Å². The van der Waals surface area contributed by atoms with E-state index in [-0.39, 0.29) is 17.7 Å². The standard InChI is InChI=1S/C17H18BrNO3S/c1-12(14-7-9-16(18)10-8-14)19-17(20)15-5-3-13(4-6-15)11-23(2,21)22/h3-10,12H,11H2,1-2H3,(H,19,20). The molecular formula is C17H18BrNO3S. The van der Waals surface area contributed by atoms with Crippen molar-refractivity contribution in [3.8, 4) is 0 Å². The van der Waals surface area contributed by atoms with E-state index in [9.17, 15) is 13.2 Å². The number of hydrogen-bond acceptors (Lipinski definition) is 3. The van der Waals surface area contributed by atoms with Gasteiger partial charge in [-0.3, -0.25) is 4.79 Å². The molecule has 0 aliphatic rings. The van der Waals surface area contributed by atoms with Gasteiger partial charge in [0.1, 0.15) is 0 Å². The van der Waals surface area contributed by atoms with Gasteiger partial charge in [-0.25, -0.2) is 8.42 Å². The van der Waals surface area contributed by atoms with Crippen molar-refractivity contribution in [1.82, 2.24) is 5.32 Å². The van der Waals surface area contributed by atoms with Crippen molar-refractivity contribution in [2.45, 2.75) is 18.7 Å². The van der Waals surface area contributed by atoms with Crippen molar-refractivity contribution in [3.63, 3.8) is 0 Å². The topological polar surface area (TPSA) is 63.2 Å². The molecule has 0 saturated carbocycles. The van der Waals surface area contributed by atoms with Crippen molar-refractivity contribution in [1.29, 1.82) is 0 Å². The highest BCUT2D eigenvalue weighted by atomic mass is 79.9. The lowest BCUT2D eigenvalue weighted by Gasteiger charge is -2.14. The number of amides is 1. The van der Waals surface area contributed by atoms with E-state index in [1.807, 2.05) is 31.2 Å². The Morgan fingerprint density at radius 1 is 1.09 bits per heavy atom. The molecule has 0 radical (unpaired) electrons.